The van der Waals surface area contributed by atoms with Gasteiger partial charge in [0.25, 0.3) is 5.91 Å². The van der Waals surface area contributed by atoms with Gasteiger partial charge >= 0.3 is 0 Å². The third-order valence-electron chi connectivity index (χ3n) is 6.35. The molecule has 0 saturated carbocycles. The van der Waals surface area contributed by atoms with E-state index in [1.807, 2.05) is 87.5 Å². The quantitative estimate of drug-likeness (QED) is 0.262. The molecule has 1 N–H and O–H groups in total. The minimum Gasteiger partial charge on any atom is -0.484 e. The van der Waals surface area contributed by atoms with Crippen molar-refractivity contribution in [2.45, 2.75) is 59.5 Å². The van der Waals surface area contributed by atoms with Crippen LogP contribution in [0.5, 0.6) is 5.75 Å². The Kier molecular flexibility index (Phi) is 10.8. The molecule has 0 heterocycles. The van der Waals surface area contributed by atoms with Crippen molar-refractivity contribution < 1.29 is 14.3 Å². The first-order valence-electron chi connectivity index (χ1n) is 12.8. The number of hydrogen-bond acceptors (Lipinski definition) is 3. The number of benzene rings is 3. The molecule has 0 aliphatic heterocycles. The molecule has 37 heavy (non-hydrogen) atoms. The van der Waals surface area contributed by atoms with Crippen molar-refractivity contribution in [1.29, 1.82) is 0 Å². The Morgan fingerprint density at radius 3 is 2.22 bits per heavy atom. The molecule has 0 aliphatic carbocycles. The highest BCUT2D eigenvalue weighted by atomic mass is 79.9. The summed E-state index contributed by atoms with van der Waals surface area (Å²) in [6.07, 6.45) is 2.30. The maximum absolute atomic E-state index is 13.7. The van der Waals surface area contributed by atoms with Gasteiger partial charge in [-0.1, -0.05) is 89.4 Å². The molecular formula is C31H37BrN2O3. The maximum Gasteiger partial charge on any atom is 0.261 e. The van der Waals surface area contributed by atoms with E-state index in [0.29, 0.717) is 25.3 Å². The second kappa shape index (κ2) is 14.0. The molecule has 3 rings (SSSR count). The van der Waals surface area contributed by atoms with Crippen molar-refractivity contribution in [2.24, 2.45) is 0 Å². The number of unbranched alkanes of at least 4 members (excludes halogenated alkanes) is 1. The van der Waals surface area contributed by atoms with Crippen LogP contribution < -0.4 is 10.1 Å². The van der Waals surface area contributed by atoms with E-state index >= 15 is 0 Å². The monoisotopic (exact) mass is 564 g/mol. The van der Waals surface area contributed by atoms with E-state index in [9.17, 15) is 9.59 Å². The molecule has 0 saturated heterocycles. The van der Waals surface area contributed by atoms with E-state index in [1.165, 1.54) is 0 Å². The summed E-state index contributed by atoms with van der Waals surface area (Å²) >= 11 is 3.58. The zero-order chi connectivity index (χ0) is 26.8. The standard InChI is InChI=1S/C31H37BrN2O3/c1-5-6-16-33-31(36)28(19-25-10-8-7-9-11-25)34(20-26-14-12-22(2)13-15-26)29(35)21-37-27-17-23(3)30(32)24(4)18-27/h7-15,17-18,28H,5-6,16,19-21H2,1-4H3,(H,33,36)/t28-/m1/s1. The zero-order valence-corrected chi connectivity index (χ0v) is 23.8. The van der Waals surface area contributed by atoms with Crippen LogP contribution in [0.3, 0.4) is 0 Å². The SMILES string of the molecule is CCCCNC(=O)[C@@H](Cc1ccccc1)N(Cc1ccc(C)cc1)C(=O)COc1cc(C)c(Br)c(C)c1. The van der Waals surface area contributed by atoms with Crippen LogP contribution in [0.15, 0.2) is 71.2 Å². The third-order valence-corrected chi connectivity index (χ3v) is 7.60. The average molecular weight is 566 g/mol. The second-order valence-corrected chi connectivity index (χ2v) is 10.3. The molecule has 5 nitrogen and oxygen atoms in total. The fourth-order valence-electron chi connectivity index (χ4n) is 4.17. The fraction of sp³-hybridized carbons (Fsp3) is 0.355. The predicted molar refractivity (Wildman–Crippen MR) is 153 cm³/mol. The highest BCUT2D eigenvalue weighted by Crippen LogP contribution is 2.26. The van der Waals surface area contributed by atoms with Gasteiger partial charge in [-0.3, -0.25) is 9.59 Å². The molecule has 0 spiro atoms. The number of hydrogen-bond donors (Lipinski definition) is 1. The van der Waals surface area contributed by atoms with Gasteiger partial charge in [-0.05, 0) is 61.6 Å². The largest absolute Gasteiger partial charge is 0.484 e. The first-order valence-corrected chi connectivity index (χ1v) is 13.6. The summed E-state index contributed by atoms with van der Waals surface area (Å²) < 4.78 is 6.98. The maximum atomic E-state index is 13.7. The van der Waals surface area contributed by atoms with Crippen molar-refractivity contribution in [3.8, 4) is 5.75 Å². The smallest absolute Gasteiger partial charge is 0.261 e. The third kappa shape index (κ3) is 8.46. The second-order valence-electron chi connectivity index (χ2n) is 9.52. The number of amides is 2. The fourth-order valence-corrected chi connectivity index (χ4v) is 4.40. The summed E-state index contributed by atoms with van der Waals surface area (Å²) in [7, 11) is 0. The zero-order valence-electron chi connectivity index (χ0n) is 22.2. The van der Waals surface area contributed by atoms with Gasteiger partial charge < -0.3 is 15.0 Å². The number of carbonyl (C=O) groups is 2. The Bertz CT molecular complexity index is 1160. The summed E-state index contributed by atoms with van der Waals surface area (Å²) in [6, 6.07) is 21.1. The summed E-state index contributed by atoms with van der Waals surface area (Å²) in [4.78, 5) is 28.8. The number of nitrogens with zero attached hydrogens (tertiary/aromatic N) is 1. The molecular weight excluding hydrogens is 528 g/mol. The van der Waals surface area contributed by atoms with E-state index in [4.69, 9.17) is 4.74 Å². The lowest BCUT2D eigenvalue weighted by atomic mass is 10.0. The average Bonchev–Trinajstić information content (AvgIpc) is 2.89. The van der Waals surface area contributed by atoms with E-state index < -0.39 is 6.04 Å². The van der Waals surface area contributed by atoms with E-state index in [0.717, 1.165) is 45.1 Å². The van der Waals surface area contributed by atoms with Gasteiger partial charge in [0, 0.05) is 24.0 Å². The molecule has 3 aromatic rings. The Balaban J connectivity index is 1.89. The van der Waals surface area contributed by atoms with Crippen molar-refractivity contribution in [3.05, 3.63) is 99.0 Å². The van der Waals surface area contributed by atoms with Gasteiger partial charge in [-0.25, -0.2) is 0 Å². The highest BCUT2D eigenvalue weighted by molar-refractivity contribution is 9.10. The first kappa shape index (κ1) is 28.5. The minimum absolute atomic E-state index is 0.145. The molecule has 1 atom stereocenters. The van der Waals surface area contributed by atoms with E-state index in [-0.39, 0.29) is 18.4 Å². The number of nitrogens with one attached hydrogen (secondary N) is 1. The van der Waals surface area contributed by atoms with Gasteiger partial charge in [-0.2, -0.15) is 0 Å². The minimum atomic E-state index is -0.662. The van der Waals surface area contributed by atoms with Crippen molar-refractivity contribution in [2.75, 3.05) is 13.2 Å². The number of rotatable bonds is 12. The van der Waals surface area contributed by atoms with Gasteiger partial charge in [0.15, 0.2) is 6.61 Å². The molecule has 3 aromatic carbocycles. The van der Waals surface area contributed by atoms with Crippen LogP contribution in [0.25, 0.3) is 0 Å². The van der Waals surface area contributed by atoms with Crippen LogP contribution in [-0.2, 0) is 22.6 Å². The van der Waals surface area contributed by atoms with Crippen LogP contribution >= 0.6 is 15.9 Å². The van der Waals surface area contributed by atoms with Crippen molar-refractivity contribution in [1.82, 2.24) is 10.2 Å². The Morgan fingerprint density at radius 1 is 0.946 bits per heavy atom. The van der Waals surface area contributed by atoms with Gasteiger partial charge in [0.2, 0.25) is 5.91 Å². The van der Waals surface area contributed by atoms with Crippen LogP contribution in [0, 0.1) is 20.8 Å². The van der Waals surface area contributed by atoms with Gasteiger partial charge in [-0.15, -0.1) is 0 Å². The molecule has 0 aromatic heterocycles. The molecule has 0 fully saturated rings. The number of carbonyl (C=O) groups excluding carboxylic acids is 2. The van der Waals surface area contributed by atoms with E-state index in [1.54, 1.807) is 4.90 Å². The molecule has 2 amide bonds. The lowest BCUT2D eigenvalue weighted by Gasteiger charge is -2.31. The van der Waals surface area contributed by atoms with Crippen LogP contribution in [-0.4, -0.2) is 35.9 Å². The van der Waals surface area contributed by atoms with Crippen LogP contribution in [0.4, 0.5) is 0 Å². The van der Waals surface area contributed by atoms with Crippen molar-refractivity contribution >= 4 is 27.7 Å². The Morgan fingerprint density at radius 2 is 1.59 bits per heavy atom. The molecule has 196 valence electrons. The number of ether oxygens (including phenoxy) is 1. The lowest BCUT2D eigenvalue weighted by molar-refractivity contribution is -0.142. The summed E-state index contributed by atoms with van der Waals surface area (Å²) in [6.45, 7) is 8.85. The first-order chi connectivity index (χ1) is 17.8. The van der Waals surface area contributed by atoms with Gasteiger partial charge in [0.1, 0.15) is 11.8 Å². The molecule has 0 bridgehead atoms. The summed E-state index contributed by atoms with van der Waals surface area (Å²) in [5.74, 6) is 0.257. The Hall–Kier alpha value is -3.12. The topological polar surface area (TPSA) is 58.6 Å². The predicted octanol–water partition coefficient (Wildman–Crippen LogP) is 6.31. The molecule has 0 radical (unpaired) electrons. The normalized spacial score (nSPS) is 11.6. The molecule has 0 unspecified atom stereocenters. The van der Waals surface area contributed by atoms with Crippen LogP contribution in [0.1, 0.15) is 47.6 Å². The number of aryl methyl sites for hydroxylation is 3. The summed E-state index contributed by atoms with van der Waals surface area (Å²) in [5.41, 5.74) is 5.19. The summed E-state index contributed by atoms with van der Waals surface area (Å²) in [5, 5.41) is 3.05. The lowest BCUT2D eigenvalue weighted by Crippen LogP contribution is -2.51. The van der Waals surface area contributed by atoms with E-state index in [2.05, 4.69) is 28.2 Å². The van der Waals surface area contributed by atoms with Crippen molar-refractivity contribution in [3.63, 3.8) is 0 Å². The van der Waals surface area contributed by atoms with Gasteiger partial charge in [0.05, 0.1) is 0 Å². The molecule has 0 aliphatic rings. The highest BCUT2D eigenvalue weighted by Gasteiger charge is 2.30. The van der Waals surface area contributed by atoms with Crippen LogP contribution in [0.2, 0.25) is 0 Å². The number of halogens is 1. The Labute approximate surface area is 229 Å². The molecule has 6 heteroatoms.